The summed E-state index contributed by atoms with van der Waals surface area (Å²) in [6.45, 7) is 0. The molecule has 1 aliphatic rings. The molecule has 0 radical (unpaired) electrons. The van der Waals surface area contributed by atoms with E-state index in [1.165, 1.54) is 12.1 Å². The SMILES string of the molecule is O=C(O)c1ccccc1NC1CC(c2ccc(F)cc2)C1. The van der Waals surface area contributed by atoms with Crippen molar-refractivity contribution in [3.63, 3.8) is 0 Å². The molecule has 0 aliphatic heterocycles. The number of carbonyl (C=O) groups is 1. The van der Waals surface area contributed by atoms with Crippen LogP contribution in [0.4, 0.5) is 10.1 Å². The molecule has 0 heterocycles. The van der Waals surface area contributed by atoms with Crippen LogP contribution in [0, 0.1) is 5.82 Å². The summed E-state index contributed by atoms with van der Waals surface area (Å²) in [6.07, 6.45) is 1.86. The fraction of sp³-hybridized carbons (Fsp3) is 0.235. The lowest BCUT2D eigenvalue weighted by atomic mass is 9.75. The number of rotatable bonds is 4. The van der Waals surface area contributed by atoms with E-state index >= 15 is 0 Å². The number of halogens is 1. The molecule has 0 saturated heterocycles. The molecule has 3 rings (SSSR count). The van der Waals surface area contributed by atoms with Crippen LogP contribution in [0.3, 0.4) is 0 Å². The Hall–Kier alpha value is -2.36. The molecular weight excluding hydrogens is 269 g/mol. The Balaban J connectivity index is 1.62. The number of hydrogen-bond acceptors (Lipinski definition) is 2. The second kappa shape index (κ2) is 5.56. The number of aromatic carboxylic acids is 1. The lowest BCUT2D eigenvalue weighted by molar-refractivity contribution is 0.0698. The zero-order chi connectivity index (χ0) is 14.8. The van der Waals surface area contributed by atoms with Gasteiger partial charge in [0.05, 0.1) is 5.56 Å². The van der Waals surface area contributed by atoms with Crippen molar-refractivity contribution in [2.24, 2.45) is 0 Å². The summed E-state index contributed by atoms with van der Waals surface area (Å²) in [5.74, 6) is -0.726. The van der Waals surface area contributed by atoms with Crippen molar-refractivity contribution in [3.8, 4) is 0 Å². The van der Waals surface area contributed by atoms with Gasteiger partial charge in [-0.05, 0) is 48.6 Å². The Morgan fingerprint density at radius 2 is 1.76 bits per heavy atom. The molecule has 2 aromatic carbocycles. The van der Waals surface area contributed by atoms with Gasteiger partial charge in [0.2, 0.25) is 0 Å². The van der Waals surface area contributed by atoms with Crippen molar-refractivity contribution < 1.29 is 14.3 Å². The number of hydrogen-bond donors (Lipinski definition) is 2. The Kier molecular flexibility index (Phi) is 3.60. The fourth-order valence-electron chi connectivity index (χ4n) is 2.76. The van der Waals surface area contributed by atoms with Crippen LogP contribution in [-0.2, 0) is 0 Å². The Morgan fingerprint density at radius 1 is 1.10 bits per heavy atom. The highest BCUT2D eigenvalue weighted by molar-refractivity contribution is 5.94. The van der Waals surface area contributed by atoms with Crippen molar-refractivity contribution in [1.82, 2.24) is 0 Å². The highest BCUT2D eigenvalue weighted by atomic mass is 19.1. The summed E-state index contributed by atoms with van der Waals surface area (Å²) in [4.78, 5) is 11.2. The first-order valence-electron chi connectivity index (χ1n) is 6.98. The van der Waals surface area contributed by atoms with E-state index in [1.807, 2.05) is 18.2 Å². The maximum atomic E-state index is 12.9. The lowest BCUT2D eigenvalue weighted by Crippen LogP contribution is -2.34. The molecule has 4 heteroatoms. The maximum absolute atomic E-state index is 12.9. The molecule has 0 bridgehead atoms. The normalized spacial score (nSPS) is 20.6. The first kappa shape index (κ1) is 13.6. The minimum atomic E-state index is -0.924. The summed E-state index contributed by atoms with van der Waals surface area (Å²) in [5, 5.41) is 12.4. The quantitative estimate of drug-likeness (QED) is 0.896. The molecule has 0 unspecified atom stereocenters. The Bertz CT molecular complexity index is 648. The van der Waals surface area contributed by atoms with Crippen molar-refractivity contribution in [3.05, 3.63) is 65.5 Å². The molecule has 1 aliphatic carbocycles. The zero-order valence-corrected chi connectivity index (χ0v) is 11.4. The summed E-state index contributed by atoms with van der Waals surface area (Å²) in [5.41, 5.74) is 2.09. The molecule has 2 N–H and O–H groups in total. The van der Waals surface area contributed by atoms with Crippen molar-refractivity contribution in [2.45, 2.75) is 24.8 Å². The van der Waals surface area contributed by atoms with E-state index < -0.39 is 5.97 Å². The van der Waals surface area contributed by atoms with Crippen molar-refractivity contribution in [2.75, 3.05) is 5.32 Å². The molecule has 0 atom stereocenters. The van der Waals surface area contributed by atoms with Gasteiger partial charge in [0.1, 0.15) is 5.82 Å². The van der Waals surface area contributed by atoms with Crippen LogP contribution in [0.5, 0.6) is 0 Å². The summed E-state index contributed by atoms with van der Waals surface area (Å²) < 4.78 is 12.9. The van der Waals surface area contributed by atoms with Crippen LogP contribution in [0.2, 0.25) is 0 Å². The number of benzene rings is 2. The number of anilines is 1. The average molecular weight is 285 g/mol. The second-order valence-corrected chi connectivity index (χ2v) is 5.41. The van der Waals surface area contributed by atoms with E-state index in [0.717, 1.165) is 18.4 Å². The predicted molar refractivity (Wildman–Crippen MR) is 79.2 cm³/mol. The monoisotopic (exact) mass is 285 g/mol. The second-order valence-electron chi connectivity index (χ2n) is 5.41. The minimum absolute atomic E-state index is 0.219. The number of carboxylic acids is 1. The van der Waals surface area contributed by atoms with Gasteiger partial charge in [-0.15, -0.1) is 0 Å². The molecule has 21 heavy (non-hydrogen) atoms. The third-order valence-corrected chi connectivity index (χ3v) is 4.00. The van der Waals surface area contributed by atoms with Crippen LogP contribution in [-0.4, -0.2) is 17.1 Å². The van der Waals surface area contributed by atoms with E-state index in [-0.39, 0.29) is 11.9 Å². The maximum Gasteiger partial charge on any atom is 0.337 e. The van der Waals surface area contributed by atoms with Crippen LogP contribution in [0.1, 0.15) is 34.7 Å². The minimum Gasteiger partial charge on any atom is -0.478 e. The summed E-state index contributed by atoms with van der Waals surface area (Å²) >= 11 is 0. The van der Waals surface area contributed by atoms with Crippen LogP contribution >= 0.6 is 0 Å². The molecule has 0 spiro atoms. The van der Waals surface area contributed by atoms with Gasteiger partial charge in [0.25, 0.3) is 0 Å². The largest absolute Gasteiger partial charge is 0.478 e. The third-order valence-electron chi connectivity index (χ3n) is 4.00. The van der Waals surface area contributed by atoms with Crippen molar-refractivity contribution in [1.29, 1.82) is 0 Å². The molecule has 3 nitrogen and oxygen atoms in total. The molecule has 0 amide bonds. The van der Waals surface area contributed by atoms with Gasteiger partial charge in [0, 0.05) is 11.7 Å². The molecule has 0 aromatic heterocycles. The molecule has 108 valence electrons. The number of nitrogens with one attached hydrogen (secondary N) is 1. The van der Waals surface area contributed by atoms with Gasteiger partial charge in [0.15, 0.2) is 0 Å². The topological polar surface area (TPSA) is 49.3 Å². The van der Waals surface area contributed by atoms with E-state index in [1.54, 1.807) is 18.2 Å². The zero-order valence-electron chi connectivity index (χ0n) is 11.4. The average Bonchev–Trinajstić information content (AvgIpc) is 2.44. The summed E-state index contributed by atoms with van der Waals surface area (Å²) in [6, 6.07) is 13.8. The third kappa shape index (κ3) is 2.89. The van der Waals surface area contributed by atoms with E-state index in [2.05, 4.69) is 5.32 Å². The lowest BCUT2D eigenvalue weighted by Gasteiger charge is -2.37. The first-order chi connectivity index (χ1) is 10.1. The van der Waals surface area contributed by atoms with Gasteiger partial charge in [-0.25, -0.2) is 9.18 Å². The van der Waals surface area contributed by atoms with Crippen molar-refractivity contribution >= 4 is 11.7 Å². The molecule has 1 fully saturated rings. The van der Waals surface area contributed by atoms with E-state index in [0.29, 0.717) is 17.2 Å². The Morgan fingerprint density at radius 3 is 2.43 bits per heavy atom. The van der Waals surface area contributed by atoms with E-state index in [9.17, 15) is 9.18 Å². The van der Waals surface area contributed by atoms with Gasteiger partial charge in [-0.3, -0.25) is 0 Å². The highest BCUT2D eigenvalue weighted by Crippen LogP contribution is 2.38. The van der Waals surface area contributed by atoms with Gasteiger partial charge >= 0.3 is 5.97 Å². The fourth-order valence-corrected chi connectivity index (χ4v) is 2.76. The van der Waals surface area contributed by atoms with Gasteiger partial charge in [-0.2, -0.15) is 0 Å². The van der Waals surface area contributed by atoms with Crippen LogP contribution in [0.15, 0.2) is 48.5 Å². The van der Waals surface area contributed by atoms with Gasteiger partial charge in [-0.1, -0.05) is 24.3 Å². The van der Waals surface area contributed by atoms with Crippen LogP contribution in [0.25, 0.3) is 0 Å². The smallest absolute Gasteiger partial charge is 0.337 e. The number of carboxylic acid groups (broad SMARTS) is 1. The van der Waals surface area contributed by atoms with Gasteiger partial charge < -0.3 is 10.4 Å². The highest BCUT2D eigenvalue weighted by Gasteiger charge is 2.30. The first-order valence-corrected chi connectivity index (χ1v) is 6.98. The predicted octanol–water partition coefficient (Wildman–Crippen LogP) is 3.88. The summed E-state index contributed by atoms with van der Waals surface area (Å²) in [7, 11) is 0. The molecular formula is C17H16FNO2. The number of para-hydroxylation sites is 1. The molecule has 2 aromatic rings. The van der Waals surface area contributed by atoms with Crippen LogP contribution < -0.4 is 5.32 Å². The molecule has 1 saturated carbocycles. The standard InChI is InChI=1S/C17H16FNO2/c18-13-7-5-11(6-8-13)12-9-14(10-12)19-16-4-2-1-3-15(16)17(20)21/h1-8,12,14,19H,9-10H2,(H,20,21). The Labute approximate surface area is 122 Å². The van der Waals surface area contributed by atoms with E-state index in [4.69, 9.17) is 5.11 Å².